The van der Waals surface area contributed by atoms with Crippen LogP contribution < -0.4 is 4.84 Å². The van der Waals surface area contributed by atoms with Gasteiger partial charge < -0.3 is 0 Å². The number of hydrogen-bond acceptors (Lipinski definition) is 1. The van der Waals surface area contributed by atoms with Crippen LogP contribution in [0.4, 0.5) is 0 Å². The Bertz CT molecular complexity index is 155. The predicted molar refractivity (Wildman–Crippen MR) is 42.7 cm³/mol. The molecule has 56 valence electrons. The fourth-order valence-corrected chi connectivity index (χ4v) is 2.43. The molecule has 10 heavy (non-hydrogen) atoms. The molecule has 1 saturated carbocycles. The van der Waals surface area contributed by atoms with E-state index in [4.69, 9.17) is 11.8 Å². The van der Waals surface area contributed by atoms with E-state index >= 15 is 0 Å². The summed E-state index contributed by atoms with van der Waals surface area (Å²) >= 11 is 5.44. The second-order valence-electron chi connectivity index (χ2n) is 3.38. The first kappa shape index (κ1) is 6.68. The third-order valence-electron chi connectivity index (χ3n) is 2.76. The minimum atomic E-state index is 0.812. The maximum atomic E-state index is 5.44. The van der Waals surface area contributed by atoms with Crippen LogP contribution >= 0.6 is 11.8 Å². The third-order valence-corrected chi connectivity index (χ3v) is 2.91. The Kier molecular flexibility index (Phi) is 1.71. The Labute approximate surface area is 66.6 Å². The molecule has 0 amide bonds. The van der Waals surface area contributed by atoms with Crippen LogP contribution in [0.15, 0.2) is 12.2 Å². The van der Waals surface area contributed by atoms with Gasteiger partial charge in [0.1, 0.15) is 0 Å². The highest BCUT2D eigenvalue weighted by atomic mass is 35.5. The lowest BCUT2D eigenvalue weighted by Gasteiger charge is -2.15. The predicted octanol–water partition coefficient (Wildman–Crippen LogP) is 1.94. The summed E-state index contributed by atoms with van der Waals surface area (Å²) in [5.74, 6) is 2.52. The number of allylic oxidation sites excluding steroid dienone is 2. The lowest BCUT2D eigenvalue weighted by Crippen LogP contribution is -2.18. The third kappa shape index (κ3) is 0.977. The minimum absolute atomic E-state index is 0.812. The van der Waals surface area contributed by atoms with Crippen LogP contribution in [0.5, 0.6) is 0 Å². The summed E-state index contributed by atoms with van der Waals surface area (Å²) in [6.07, 6.45) is 7.44. The standard InChI is InChI=1S/C8H12ClN/c9-10-5-8-4-6-1-2-7(8)3-6/h1-2,6-8,10H,3-5H2/t6?,7-,8?/m0/s1. The highest BCUT2D eigenvalue weighted by Gasteiger charge is 2.34. The zero-order valence-electron chi connectivity index (χ0n) is 5.89. The molecule has 0 aromatic carbocycles. The van der Waals surface area contributed by atoms with Gasteiger partial charge in [-0.25, -0.2) is 4.84 Å². The number of hydrogen-bond donors (Lipinski definition) is 1. The molecule has 2 aliphatic carbocycles. The van der Waals surface area contributed by atoms with Gasteiger partial charge in [0, 0.05) is 6.54 Å². The van der Waals surface area contributed by atoms with Gasteiger partial charge in [0.2, 0.25) is 0 Å². The SMILES string of the molecule is ClNCC1CC2C=C[C@H]1C2. The average Bonchev–Trinajstić information content (AvgIpc) is 2.48. The molecular weight excluding hydrogens is 146 g/mol. The molecule has 0 aromatic rings. The zero-order chi connectivity index (χ0) is 6.97. The van der Waals surface area contributed by atoms with Gasteiger partial charge in [-0.3, -0.25) is 0 Å². The van der Waals surface area contributed by atoms with E-state index < -0.39 is 0 Å². The van der Waals surface area contributed by atoms with Crippen molar-refractivity contribution in [3.63, 3.8) is 0 Å². The van der Waals surface area contributed by atoms with E-state index in [9.17, 15) is 0 Å². The first-order valence-corrected chi connectivity index (χ1v) is 4.30. The Hall–Kier alpha value is -0.0100. The van der Waals surface area contributed by atoms with E-state index in [0.717, 1.165) is 24.3 Å². The summed E-state index contributed by atoms with van der Waals surface area (Å²) in [5, 5.41) is 0. The van der Waals surface area contributed by atoms with E-state index in [1.54, 1.807) is 0 Å². The normalized spacial score (nSPS) is 43.1. The Morgan fingerprint density at radius 3 is 2.80 bits per heavy atom. The van der Waals surface area contributed by atoms with Crippen LogP contribution in [0, 0.1) is 17.8 Å². The van der Waals surface area contributed by atoms with Crippen molar-refractivity contribution in [2.45, 2.75) is 12.8 Å². The summed E-state index contributed by atoms with van der Waals surface area (Å²) in [5.41, 5.74) is 0. The summed E-state index contributed by atoms with van der Waals surface area (Å²) in [6.45, 7) is 0.979. The molecule has 2 aliphatic rings. The van der Waals surface area contributed by atoms with Crippen LogP contribution in [-0.2, 0) is 0 Å². The quantitative estimate of drug-likeness (QED) is 0.477. The topological polar surface area (TPSA) is 12.0 Å². The number of rotatable bonds is 2. The number of nitrogens with one attached hydrogen (secondary N) is 1. The molecule has 1 fully saturated rings. The summed E-state index contributed by atoms with van der Waals surface area (Å²) in [7, 11) is 0. The van der Waals surface area contributed by atoms with Crippen molar-refractivity contribution in [1.82, 2.24) is 4.84 Å². The van der Waals surface area contributed by atoms with Crippen LogP contribution in [0.2, 0.25) is 0 Å². The molecule has 1 N–H and O–H groups in total. The average molecular weight is 158 g/mol. The van der Waals surface area contributed by atoms with Crippen LogP contribution in [0.1, 0.15) is 12.8 Å². The molecule has 0 spiro atoms. The molecule has 1 nitrogen and oxygen atoms in total. The van der Waals surface area contributed by atoms with Gasteiger partial charge in [0.25, 0.3) is 0 Å². The molecule has 0 saturated heterocycles. The van der Waals surface area contributed by atoms with Crippen molar-refractivity contribution in [3.05, 3.63) is 12.2 Å². The Balaban J connectivity index is 1.96. The summed E-state index contributed by atoms with van der Waals surface area (Å²) in [4.78, 5) is 2.73. The molecule has 0 aromatic heterocycles. The smallest absolute Gasteiger partial charge is 0.0142 e. The minimum Gasteiger partial charge on any atom is -0.233 e. The second-order valence-corrected chi connectivity index (χ2v) is 3.65. The van der Waals surface area contributed by atoms with Crippen molar-refractivity contribution >= 4 is 11.8 Å². The Morgan fingerprint density at radius 2 is 2.30 bits per heavy atom. The lowest BCUT2D eigenvalue weighted by atomic mass is 9.94. The van der Waals surface area contributed by atoms with Crippen molar-refractivity contribution in [3.8, 4) is 0 Å². The molecule has 0 heterocycles. The number of halogens is 1. The molecule has 0 aliphatic heterocycles. The fraction of sp³-hybridized carbons (Fsp3) is 0.750. The zero-order valence-corrected chi connectivity index (χ0v) is 6.64. The molecule has 3 atom stereocenters. The van der Waals surface area contributed by atoms with E-state index in [1.165, 1.54) is 12.8 Å². The summed E-state index contributed by atoms with van der Waals surface area (Å²) < 4.78 is 0. The fourth-order valence-electron chi connectivity index (χ4n) is 2.23. The Morgan fingerprint density at radius 1 is 1.40 bits per heavy atom. The van der Waals surface area contributed by atoms with Gasteiger partial charge in [0.05, 0.1) is 0 Å². The maximum absolute atomic E-state index is 5.44. The van der Waals surface area contributed by atoms with Crippen molar-refractivity contribution in [2.24, 2.45) is 17.8 Å². The first-order chi connectivity index (χ1) is 4.90. The first-order valence-electron chi connectivity index (χ1n) is 3.92. The summed E-state index contributed by atoms with van der Waals surface area (Å²) in [6, 6.07) is 0. The lowest BCUT2D eigenvalue weighted by molar-refractivity contribution is 0.447. The second kappa shape index (κ2) is 2.55. The highest BCUT2D eigenvalue weighted by Crippen LogP contribution is 2.42. The van der Waals surface area contributed by atoms with Crippen molar-refractivity contribution in [1.29, 1.82) is 0 Å². The van der Waals surface area contributed by atoms with E-state index in [-0.39, 0.29) is 0 Å². The van der Waals surface area contributed by atoms with Gasteiger partial charge in [-0.2, -0.15) is 0 Å². The van der Waals surface area contributed by atoms with Gasteiger partial charge >= 0.3 is 0 Å². The van der Waals surface area contributed by atoms with Gasteiger partial charge in [0.15, 0.2) is 0 Å². The molecular formula is C8H12ClN. The largest absolute Gasteiger partial charge is 0.233 e. The van der Waals surface area contributed by atoms with E-state index in [1.807, 2.05) is 0 Å². The molecule has 2 rings (SSSR count). The monoisotopic (exact) mass is 157 g/mol. The molecule has 0 radical (unpaired) electrons. The molecule has 2 unspecified atom stereocenters. The van der Waals surface area contributed by atoms with Crippen molar-refractivity contribution < 1.29 is 0 Å². The van der Waals surface area contributed by atoms with E-state index in [0.29, 0.717) is 0 Å². The molecule has 2 heteroatoms. The van der Waals surface area contributed by atoms with Gasteiger partial charge in [-0.15, -0.1) is 0 Å². The van der Waals surface area contributed by atoms with Gasteiger partial charge in [-0.05, 0) is 42.4 Å². The van der Waals surface area contributed by atoms with Gasteiger partial charge in [-0.1, -0.05) is 12.2 Å². The highest BCUT2D eigenvalue weighted by molar-refractivity contribution is 6.13. The van der Waals surface area contributed by atoms with Crippen LogP contribution in [0.3, 0.4) is 0 Å². The van der Waals surface area contributed by atoms with Crippen LogP contribution in [0.25, 0.3) is 0 Å². The maximum Gasteiger partial charge on any atom is 0.0142 e. The molecule has 2 bridgehead atoms. The van der Waals surface area contributed by atoms with E-state index in [2.05, 4.69) is 17.0 Å². The number of fused-ring (bicyclic) bond motifs is 2. The van der Waals surface area contributed by atoms with Crippen molar-refractivity contribution in [2.75, 3.05) is 6.54 Å². The van der Waals surface area contributed by atoms with Crippen LogP contribution in [-0.4, -0.2) is 6.54 Å².